The van der Waals surface area contributed by atoms with Gasteiger partial charge in [0, 0.05) is 11.6 Å². The molecule has 18 heavy (non-hydrogen) atoms. The van der Waals surface area contributed by atoms with Crippen molar-refractivity contribution in [3.63, 3.8) is 0 Å². The molecule has 0 spiro atoms. The summed E-state index contributed by atoms with van der Waals surface area (Å²) in [6.45, 7) is 4.24. The van der Waals surface area contributed by atoms with E-state index in [2.05, 4.69) is 24.1 Å². The summed E-state index contributed by atoms with van der Waals surface area (Å²) in [5.74, 6) is -0.0546. The first kappa shape index (κ1) is 14.9. The number of halogens is 1. The zero-order valence-electron chi connectivity index (χ0n) is 12.0. The lowest BCUT2D eigenvalue weighted by Gasteiger charge is -2.40. The molecule has 0 aromatic heterocycles. The zero-order chi connectivity index (χ0) is 13.9. The van der Waals surface area contributed by atoms with Crippen molar-refractivity contribution in [2.75, 3.05) is 28.3 Å². The lowest BCUT2D eigenvalue weighted by molar-refractivity contribution is 0.142. The summed E-state index contributed by atoms with van der Waals surface area (Å²) >= 11 is 0. The van der Waals surface area contributed by atoms with Crippen molar-refractivity contribution in [3.05, 3.63) is 29.6 Å². The topological polar surface area (TPSA) is 24.5 Å². The van der Waals surface area contributed by atoms with Crippen molar-refractivity contribution in [1.82, 2.24) is 10.2 Å². The molecular weight excluding hydrogens is 231 g/mol. The van der Waals surface area contributed by atoms with Gasteiger partial charge in [-0.05, 0) is 52.7 Å². The van der Waals surface area contributed by atoms with Gasteiger partial charge in [0.2, 0.25) is 0 Å². The molecule has 1 atom stereocenters. The molecule has 0 heterocycles. The van der Waals surface area contributed by atoms with Crippen molar-refractivity contribution in [2.24, 2.45) is 0 Å². The molecular formula is C14H23FN2O. The molecule has 4 heteroatoms. The number of nitrogens with zero attached hydrogens (tertiary/aromatic N) is 1. The number of hydrogen-bond donors (Lipinski definition) is 1. The minimum absolute atomic E-state index is 0.0351. The van der Waals surface area contributed by atoms with Crippen LogP contribution in [0.5, 0.6) is 5.75 Å². The number of likely N-dealkylation sites (N-methyl/N-ethyl adjacent to an activating group) is 2. The van der Waals surface area contributed by atoms with E-state index in [-0.39, 0.29) is 23.1 Å². The van der Waals surface area contributed by atoms with E-state index in [1.54, 1.807) is 6.07 Å². The molecule has 0 aliphatic rings. The molecule has 0 saturated heterocycles. The Morgan fingerprint density at radius 3 is 2.33 bits per heavy atom. The van der Waals surface area contributed by atoms with Gasteiger partial charge in [-0.15, -0.1) is 0 Å². The summed E-state index contributed by atoms with van der Waals surface area (Å²) in [6, 6.07) is 5.13. The van der Waals surface area contributed by atoms with Crippen molar-refractivity contribution in [2.45, 2.75) is 25.4 Å². The van der Waals surface area contributed by atoms with Gasteiger partial charge in [0.05, 0.1) is 7.11 Å². The van der Waals surface area contributed by atoms with Crippen LogP contribution in [0.3, 0.4) is 0 Å². The summed E-state index contributed by atoms with van der Waals surface area (Å²) in [5, 5.41) is 3.26. The fraction of sp³-hybridized carbons (Fsp3) is 0.571. The third-order valence-corrected chi connectivity index (χ3v) is 3.66. The standard InChI is InChI=1S/C14H23FN2O/c1-14(2,17(4)5)13(16-3)10-7-8-12(18-6)11(15)9-10/h7-9,13,16H,1-6H3. The highest BCUT2D eigenvalue weighted by Gasteiger charge is 2.32. The highest BCUT2D eigenvalue weighted by atomic mass is 19.1. The highest BCUT2D eigenvalue weighted by molar-refractivity contribution is 5.32. The molecule has 0 aliphatic carbocycles. The molecule has 1 rings (SSSR count). The van der Waals surface area contributed by atoms with Crippen molar-refractivity contribution >= 4 is 0 Å². The maximum atomic E-state index is 13.8. The lowest BCUT2D eigenvalue weighted by atomic mass is 9.87. The van der Waals surface area contributed by atoms with Crippen LogP contribution in [0.4, 0.5) is 4.39 Å². The van der Waals surface area contributed by atoms with Crippen LogP contribution in [-0.2, 0) is 0 Å². The summed E-state index contributed by atoms with van der Waals surface area (Å²) in [4.78, 5) is 2.12. The van der Waals surface area contributed by atoms with E-state index in [0.29, 0.717) is 0 Å². The quantitative estimate of drug-likeness (QED) is 0.873. The third-order valence-electron chi connectivity index (χ3n) is 3.66. The maximum Gasteiger partial charge on any atom is 0.165 e. The van der Waals surface area contributed by atoms with Gasteiger partial charge in [0.1, 0.15) is 0 Å². The van der Waals surface area contributed by atoms with Gasteiger partial charge < -0.3 is 15.0 Å². The Morgan fingerprint density at radius 1 is 1.33 bits per heavy atom. The first-order valence-corrected chi connectivity index (χ1v) is 6.02. The number of rotatable bonds is 5. The number of ether oxygens (including phenoxy) is 1. The molecule has 3 nitrogen and oxygen atoms in total. The molecule has 1 N–H and O–H groups in total. The average molecular weight is 254 g/mol. The third kappa shape index (κ3) is 2.82. The first-order chi connectivity index (χ1) is 8.34. The van der Waals surface area contributed by atoms with E-state index in [4.69, 9.17) is 4.74 Å². The summed E-state index contributed by atoms with van der Waals surface area (Å²) in [5.41, 5.74) is 0.782. The van der Waals surface area contributed by atoms with Crippen LogP contribution in [0.25, 0.3) is 0 Å². The van der Waals surface area contributed by atoms with Crippen LogP contribution in [-0.4, -0.2) is 38.7 Å². The Morgan fingerprint density at radius 2 is 1.94 bits per heavy atom. The van der Waals surface area contributed by atoms with Crippen LogP contribution in [0, 0.1) is 5.82 Å². The summed E-state index contributed by atoms with van der Waals surface area (Å²) in [6.07, 6.45) is 0. The molecule has 0 radical (unpaired) electrons. The summed E-state index contributed by atoms with van der Waals surface area (Å²) < 4.78 is 18.7. The largest absolute Gasteiger partial charge is 0.494 e. The maximum absolute atomic E-state index is 13.8. The fourth-order valence-corrected chi connectivity index (χ4v) is 2.05. The number of hydrogen-bond acceptors (Lipinski definition) is 3. The van der Waals surface area contributed by atoms with Crippen molar-refractivity contribution < 1.29 is 9.13 Å². The smallest absolute Gasteiger partial charge is 0.165 e. The SMILES string of the molecule is CNC(c1ccc(OC)c(F)c1)C(C)(C)N(C)C. The van der Waals surface area contributed by atoms with E-state index >= 15 is 0 Å². The van der Waals surface area contributed by atoms with E-state index in [1.807, 2.05) is 27.2 Å². The Balaban J connectivity index is 3.14. The normalized spacial score (nSPS) is 13.8. The average Bonchev–Trinajstić information content (AvgIpc) is 2.29. The predicted octanol–water partition coefficient (Wildman–Crippen LogP) is 2.44. The molecule has 1 aromatic carbocycles. The van der Waals surface area contributed by atoms with Crippen LogP contribution in [0.2, 0.25) is 0 Å². The van der Waals surface area contributed by atoms with E-state index < -0.39 is 0 Å². The molecule has 0 fully saturated rings. The van der Waals surface area contributed by atoms with Gasteiger partial charge in [0.15, 0.2) is 11.6 Å². The van der Waals surface area contributed by atoms with Gasteiger partial charge in [-0.1, -0.05) is 6.07 Å². The number of nitrogens with one attached hydrogen (secondary N) is 1. The Labute approximate surface area is 109 Å². The summed E-state index contributed by atoms with van der Waals surface area (Å²) in [7, 11) is 7.39. The first-order valence-electron chi connectivity index (χ1n) is 6.02. The highest BCUT2D eigenvalue weighted by Crippen LogP contribution is 2.31. The van der Waals surface area contributed by atoms with Crippen molar-refractivity contribution in [1.29, 1.82) is 0 Å². The minimum atomic E-state index is -0.329. The van der Waals surface area contributed by atoms with E-state index in [1.165, 1.54) is 13.2 Å². The second kappa shape index (κ2) is 5.67. The molecule has 0 bridgehead atoms. The van der Waals surface area contributed by atoms with Gasteiger partial charge in [-0.3, -0.25) is 0 Å². The van der Waals surface area contributed by atoms with Gasteiger partial charge in [-0.2, -0.15) is 0 Å². The number of methoxy groups -OCH3 is 1. The zero-order valence-corrected chi connectivity index (χ0v) is 12.0. The monoisotopic (exact) mass is 254 g/mol. The molecule has 1 aromatic rings. The van der Waals surface area contributed by atoms with Crippen molar-refractivity contribution in [3.8, 4) is 5.75 Å². The molecule has 102 valence electrons. The molecule has 0 saturated carbocycles. The molecule has 1 unspecified atom stereocenters. The van der Waals surface area contributed by atoms with Gasteiger partial charge in [-0.25, -0.2) is 4.39 Å². The Hall–Kier alpha value is -1.13. The second-order valence-corrected chi connectivity index (χ2v) is 5.16. The minimum Gasteiger partial charge on any atom is -0.494 e. The van der Waals surface area contributed by atoms with Crippen LogP contribution in [0.15, 0.2) is 18.2 Å². The Kier molecular flexibility index (Phi) is 4.71. The van der Waals surface area contributed by atoms with Crippen LogP contribution >= 0.6 is 0 Å². The molecule has 0 aliphatic heterocycles. The lowest BCUT2D eigenvalue weighted by Crippen LogP contribution is -2.48. The van der Waals surface area contributed by atoms with Gasteiger partial charge in [0.25, 0.3) is 0 Å². The van der Waals surface area contributed by atoms with Crippen LogP contribution in [0.1, 0.15) is 25.5 Å². The number of benzene rings is 1. The van der Waals surface area contributed by atoms with Gasteiger partial charge >= 0.3 is 0 Å². The molecule has 0 amide bonds. The second-order valence-electron chi connectivity index (χ2n) is 5.16. The fourth-order valence-electron chi connectivity index (χ4n) is 2.05. The van der Waals surface area contributed by atoms with E-state index in [0.717, 1.165) is 5.56 Å². The Bertz CT molecular complexity index is 405. The van der Waals surface area contributed by atoms with Crippen LogP contribution < -0.4 is 10.1 Å². The van der Waals surface area contributed by atoms with E-state index in [9.17, 15) is 4.39 Å². The predicted molar refractivity (Wildman–Crippen MR) is 72.5 cm³/mol.